The molecule has 0 spiro atoms. The molecule has 1 aliphatic rings. The molecule has 1 aliphatic heterocycles. The van der Waals surface area contributed by atoms with E-state index in [0.717, 1.165) is 19.3 Å². The van der Waals surface area contributed by atoms with Crippen LogP contribution in [0.1, 0.15) is 26.2 Å². The van der Waals surface area contributed by atoms with E-state index in [4.69, 9.17) is 4.74 Å². The second kappa shape index (κ2) is 4.38. The Labute approximate surface area is 67.6 Å². The Balaban J connectivity index is 2.41. The van der Waals surface area contributed by atoms with Crippen LogP contribution in [0.5, 0.6) is 0 Å². The van der Waals surface area contributed by atoms with Crippen LogP contribution < -0.4 is 0 Å². The van der Waals surface area contributed by atoms with Crippen LogP contribution >= 0.6 is 0 Å². The molecule has 1 fully saturated rings. The molecule has 0 radical (unpaired) electrons. The fraction of sp³-hybridized carbons (Fsp3) is 0.778. The zero-order valence-electron chi connectivity index (χ0n) is 6.84. The van der Waals surface area contributed by atoms with E-state index >= 15 is 0 Å². The topological polar surface area (TPSA) is 29.5 Å². The summed E-state index contributed by atoms with van der Waals surface area (Å²) in [6, 6.07) is 0. The lowest BCUT2D eigenvalue weighted by Gasteiger charge is -2.23. The Kier molecular flexibility index (Phi) is 3.41. The average Bonchev–Trinajstić information content (AvgIpc) is 2.03. The second-order valence-corrected chi connectivity index (χ2v) is 2.68. The second-order valence-electron chi connectivity index (χ2n) is 2.68. The van der Waals surface area contributed by atoms with Crippen molar-refractivity contribution >= 4 is 0 Å². The van der Waals surface area contributed by atoms with Crippen molar-refractivity contribution in [3.63, 3.8) is 0 Å². The number of aliphatic hydroxyl groups excluding tert-OH is 1. The van der Waals surface area contributed by atoms with Gasteiger partial charge in [-0.1, -0.05) is 12.8 Å². The molecule has 62 valence electrons. The Morgan fingerprint density at radius 2 is 2.45 bits per heavy atom. The zero-order valence-corrected chi connectivity index (χ0v) is 6.84. The molecule has 1 heterocycles. The van der Waals surface area contributed by atoms with Gasteiger partial charge in [-0.2, -0.15) is 0 Å². The molecule has 0 saturated carbocycles. The van der Waals surface area contributed by atoms with Gasteiger partial charge in [0.05, 0.1) is 5.92 Å². The summed E-state index contributed by atoms with van der Waals surface area (Å²) in [5, 5.41) is 9.27. The van der Waals surface area contributed by atoms with Gasteiger partial charge in [0.2, 0.25) is 0 Å². The van der Waals surface area contributed by atoms with Crippen molar-refractivity contribution in [1.82, 2.24) is 0 Å². The maximum Gasteiger partial charge on any atom is 0.168 e. The van der Waals surface area contributed by atoms with Crippen molar-refractivity contribution < 1.29 is 9.84 Å². The maximum atomic E-state index is 9.27. The van der Waals surface area contributed by atoms with Gasteiger partial charge in [-0.3, -0.25) is 0 Å². The normalized spacial score (nSPS) is 30.7. The minimum Gasteiger partial charge on any atom is -0.367 e. The third kappa shape index (κ3) is 2.53. The van der Waals surface area contributed by atoms with Crippen LogP contribution in [0.4, 0.5) is 0 Å². The lowest BCUT2D eigenvalue weighted by Crippen LogP contribution is -2.27. The Morgan fingerprint density at radius 3 is 3.09 bits per heavy atom. The molecule has 1 saturated heterocycles. The van der Waals surface area contributed by atoms with Crippen LogP contribution in [0.3, 0.4) is 0 Å². The Morgan fingerprint density at radius 1 is 1.64 bits per heavy atom. The van der Waals surface area contributed by atoms with E-state index in [1.54, 1.807) is 0 Å². The standard InChI is InChI=1S/C9H14O2/c1-2-3-5-8-6-4-7-11-9(8)10/h8-10H,2,4,6-7H2,1H3/t8-,9-/m0/s1. The molecule has 0 unspecified atom stereocenters. The molecule has 0 amide bonds. The lowest BCUT2D eigenvalue weighted by molar-refractivity contribution is -0.144. The lowest BCUT2D eigenvalue weighted by atomic mass is 10.0. The number of rotatable bonds is 0. The summed E-state index contributed by atoms with van der Waals surface area (Å²) in [5.74, 6) is 6.00. The van der Waals surface area contributed by atoms with Crippen LogP contribution in [-0.2, 0) is 4.74 Å². The molecule has 0 aliphatic carbocycles. The van der Waals surface area contributed by atoms with E-state index in [1.807, 2.05) is 6.92 Å². The molecule has 2 atom stereocenters. The first-order valence-corrected chi connectivity index (χ1v) is 4.12. The monoisotopic (exact) mass is 154 g/mol. The van der Waals surface area contributed by atoms with Crippen LogP contribution in [0, 0.1) is 17.8 Å². The summed E-state index contributed by atoms with van der Waals surface area (Å²) in [6.07, 6.45) is 2.18. The number of aliphatic hydroxyl groups is 1. The molecular formula is C9H14O2. The van der Waals surface area contributed by atoms with Gasteiger partial charge in [-0.15, -0.1) is 5.92 Å². The van der Waals surface area contributed by atoms with Crippen molar-refractivity contribution in [1.29, 1.82) is 0 Å². The van der Waals surface area contributed by atoms with Gasteiger partial charge >= 0.3 is 0 Å². The van der Waals surface area contributed by atoms with Crippen molar-refractivity contribution in [3.05, 3.63) is 0 Å². The minimum atomic E-state index is -0.650. The van der Waals surface area contributed by atoms with E-state index in [9.17, 15) is 5.11 Å². The fourth-order valence-electron chi connectivity index (χ4n) is 1.14. The van der Waals surface area contributed by atoms with Gasteiger partial charge in [0.15, 0.2) is 6.29 Å². The van der Waals surface area contributed by atoms with Crippen LogP contribution in [0.2, 0.25) is 0 Å². The molecule has 2 heteroatoms. The largest absolute Gasteiger partial charge is 0.367 e. The highest BCUT2D eigenvalue weighted by Crippen LogP contribution is 2.17. The van der Waals surface area contributed by atoms with Gasteiger partial charge in [-0.05, 0) is 12.8 Å². The highest BCUT2D eigenvalue weighted by Gasteiger charge is 2.21. The molecule has 1 N–H and O–H groups in total. The third-order valence-corrected chi connectivity index (χ3v) is 1.76. The summed E-state index contributed by atoms with van der Waals surface area (Å²) in [7, 11) is 0. The molecular weight excluding hydrogens is 140 g/mol. The number of hydrogen-bond donors (Lipinski definition) is 1. The Hall–Kier alpha value is -0.520. The molecule has 0 aromatic heterocycles. The van der Waals surface area contributed by atoms with Crippen molar-refractivity contribution in [2.75, 3.05) is 6.61 Å². The van der Waals surface area contributed by atoms with Crippen molar-refractivity contribution in [2.45, 2.75) is 32.5 Å². The predicted molar refractivity (Wildman–Crippen MR) is 42.7 cm³/mol. The molecule has 2 nitrogen and oxygen atoms in total. The third-order valence-electron chi connectivity index (χ3n) is 1.76. The summed E-state index contributed by atoms with van der Waals surface area (Å²) < 4.78 is 5.04. The van der Waals surface area contributed by atoms with E-state index in [-0.39, 0.29) is 5.92 Å². The Bertz CT molecular complexity index is 166. The summed E-state index contributed by atoms with van der Waals surface area (Å²) in [5.41, 5.74) is 0. The van der Waals surface area contributed by atoms with Crippen LogP contribution in [0.15, 0.2) is 0 Å². The number of hydrogen-bond acceptors (Lipinski definition) is 2. The smallest absolute Gasteiger partial charge is 0.168 e. The van der Waals surface area contributed by atoms with Crippen LogP contribution in [0.25, 0.3) is 0 Å². The van der Waals surface area contributed by atoms with Gasteiger partial charge < -0.3 is 9.84 Å². The van der Waals surface area contributed by atoms with Crippen molar-refractivity contribution in [2.24, 2.45) is 5.92 Å². The molecule has 0 aromatic rings. The quantitative estimate of drug-likeness (QED) is 0.530. The molecule has 0 aromatic carbocycles. The first-order chi connectivity index (χ1) is 5.34. The minimum absolute atomic E-state index is 0.0451. The summed E-state index contributed by atoms with van der Waals surface area (Å²) in [6.45, 7) is 2.68. The van der Waals surface area contributed by atoms with Gasteiger partial charge in [-0.25, -0.2) is 0 Å². The van der Waals surface area contributed by atoms with Gasteiger partial charge in [0.1, 0.15) is 0 Å². The van der Waals surface area contributed by atoms with Crippen molar-refractivity contribution in [3.8, 4) is 11.8 Å². The predicted octanol–water partition coefficient (Wildman–Crippen LogP) is 1.14. The fourth-order valence-corrected chi connectivity index (χ4v) is 1.14. The first-order valence-electron chi connectivity index (χ1n) is 4.12. The van der Waals surface area contributed by atoms with Gasteiger partial charge in [0, 0.05) is 13.0 Å². The molecule has 1 rings (SSSR count). The number of ether oxygens (including phenoxy) is 1. The highest BCUT2D eigenvalue weighted by molar-refractivity contribution is 5.04. The van der Waals surface area contributed by atoms with Crippen LogP contribution in [-0.4, -0.2) is 18.0 Å². The van der Waals surface area contributed by atoms with E-state index in [1.165, 1.54) is 0 Å². The zero-order chi connectivity index (χ0) is 8.10. The first kappa shape index (κ1) is 8.58. The average molecular weight is 154 g/mol. The van der Waals surface area contributed by atoms with E-state index in [0.29, 0.717) is 6.61 Å². The SMILES string of the molecule is CCC#C[C@H]1CCCO[C@@H]1O. The summed E-state index contributed by atoms with van der Waals surface area (Å²) in [4.78, 5) is 0. The molecule has 11 heavy (non-hydrogen) atoms. The summed E-state index contributed by atoms with van der Waals surface area (Å²) >= 11 is 0. The van der Waals surface area contributed by atoms with Gasteiger partial charge in [0.25, 0.3) is 0 Å². The highest BCUT2D eigenvalue weighted by atomic mass is 16.6. The van der Waals surface area contributed by atoms with E-state index < -0.39 is 6.29 Å². The van der Waals surface area contributed by atoms with E-state index in [2.05, 4.69) is 11.8 Å². The maximum absolute atomic E-state index is 9.27. The molecule has 0 bridgehead atoms.